The van der Waals surface area contributed by atoms with Gasteiger partial charge in [-0.25, -0.2) is 0 Å². The van der Waals surface area contributed by atoms with Gasteiger partial charge in [-0.1, -0.05) is 0 Å². The summed E-state index contributed by atoms with van der Waals surface area (Å²) < 4.78 is 14.9. The Hall–Kier alpha value is -0.295. The normalized spacial score (nSPS) is 18.9. The Kier molecular flexibility index (Phi) is 3.66. The lowest BCUT2D eigenvalue weighted by molar-refractivity contribution is 0.250. The van der Waals surface area contributed by atoms with Crippen LogP contribution in [0.15, 0.2) is 0 Å². The number of aliphatic hydroxyl groups is 1. The molecule has 0 aliphatic heterocycles. The Bertz CT molecular complexity index is 189. The highest BCUT2D eigenvalue weighted by Gasteiger charge is 2.18. The van der Waals surface area contributed by atoms with Crippen LogP contribution < -0.4 is 0 Å². The van der Waals surface area contributed by atoms with Crippen LogP contribution in [0.25, 0.3) is 0 Å². The molecule has 10 heavy (non-hydrogen) atoms. The van der Waals surface area contributed by atoms with Crippen molar-refractivity contribution in [3.63, 3.8) is 0 Å². The van der Waals surface area contributed by atoms with Crippen LogP contribution in [-0.2, 0) is 9.01 Å². The van der Waals surface area contributed by atoms with Crippen molar-refractivity contribution in [2.75, 3.05) is 12.8 Å². The molecule has 0 fully saturated rings. The minimum atomic E-state index is -2.94. The molecule has 0 heterocycles. The van der Waals surface area contributed by atoms with Crippen LogP contribution >= 0.6 is 7.37 Å². The predicted molar refractivity (Wildman–Crippen MR) is 36.9 cm³/mol. The maximum absolute atomic E-state index is 10.9. The van der Waals surface area contributed by atoms with Crippen molar-refractivity contribution in [3.8, 4) is 6.07 Å². The van der Waals surface area contributed by atoms with Crippen LogP contribution in [-0.4, -0.2) is 32.1 Å². The van der Waals surface area contributed by atoms with Gasteiger partial charge in [0, 0.05) is 6.66 Å². The zero-order valence-corrected chi connectivity index (χ0v) is 6.41. The Labute approximate surface area is 60.7 Å². The molecule has 0 bridgehead atoms. The summed E-state index contributed by atoms with van der Waals surface area (Å²) in [5, 5.41) is 16.7. The zero-order chi connectivity index (χ0) is 8.20. The molecule has 4 nitrogen and oxygen atoms in total. The molecule has 2 atom stereocenters. The predicted octanol–water partition coefficient (Wildman–Crippen LogP) is -0.121. The van der Waals surface area contributed by atoms with E-state index in [4.69, 9.17) is 10.4 Å². The molecular formula is C4H7BNO3P. The SMILES string of the molecule is [B]OP(C)(=O)CC(O)C#N. The molecule has 6 heteroatoms. The fourth-order valence-corrected chi connectivity index (χ4v) is 1.19. The molecule has 0 aromatic heterocycles. The van der Waals surface area contributed by atoms with Gasteiger partial charge >= 0.3 is 0 Å². The van der Waals surface area contributed by atoms with E-state index in [0.717, 1.165) is 0 Å². The quantitative estimate of drug-likeness (QED) is 0.354. The monoisotopic (exact) mass is 159 g/mol. The fourth-order valence-electron chi connectivity index (χ4n) is 0.398. The third kappa shape index (κ3) is 3.68. The van der Waals surface area contributed by atoms with E-state index in [9.17, 15) is 4.57 Å². The average Bonchev–Trinajstić information content (AvgIpc) is 1.87. The van der Waals surface area contributed by atoms with Gasteiger partial charge in [-0.05, 0) is 0 Å². The number of hydrogen-bond donors (Lipinski definition) is 1. The van der Waals surface area contributed by atoms with Crippen molar-refractivity contribution < 1.29 is 14.1 Å². The molecule has 0 saturated heterocycles. The second-order valence-electron chi connectivity index (χ2n) is 1.95. The van der Waals surface area contributed by atoms with E-state index < -0.39 is 13.5 Å². The Morgan fingerprint density at radius 2 is 2.50 bits per heavy atom. The van der Waals surface area contributed by atoms with Gasteiger partial charge in [0.2, 0.25) is 0 Å². The van der Waals surface area contributed by atoms with E-state index in [0.29, 0.717) is 0 Å². The average molecular weight is 159 g/mol. The molecule has 1 N–H and O–H groups in total. The molecule has 0 spiro atoms. The molecule has 0 aliphatic carbocycles. The minimum absolute atomic E-state index is 0.222. The summed E-state index contributed by atoms with van der Waals surface area (Å²) in [6.45, 7) is 1.26. The van der Waals surface area contributed by atoms with Gasteiger partial charge in [0.15, 0.2) is 7.37 Å². The molecule has 2 unspecified atom stereocenters. The number of aliphatic hydroxyl groups excluding tert-OH is 1. The van der Waals surface area contributed by atoms with Crippen LogP contribution in [0, 0.1) is 11.3 Å². The molecule has 0 amide bonds. The van der Waals surface area contributed by atoms with E-state index in [2.05, 4.69) is 12.5 Å². The lowest BCUT2D eigenvalue weighted by Gasteiger charge is -2.10. The fraction of sp³-hybridized carbons (Fsp3) is 0.750. The standard InChI is InChI=1S/C4H7BNO3P/c1-10(8,9-5)3-4(7)2-6/h4,7H,3H2,1H3. The highest BCUT2D eigenvalue weighted by Crippen LogP contribution is 2.41. The van der Waals surface area contributed by atoms with E-state index >= 15 is 0 Å². The van der Waals surface area contributed by atoms with Gasteiger partial charge < -0.3 is 9.55 Å². The molecule has 0 aromatic carbocycles. The van der Waals surface area contributed by atoms with Gasteiger partial charge in [-0.15, -0.1) is 0 Å². The summed E-state index contributed by atoms with van der Waals surface area (Å²) >= 11 is 0. The van der Waals surface area contributed by atoms with Crippen LogP contribution in [0.3, 0.4) is 0 Å². The number of rotatable bonds is 3. The topological polar surface area (TPSA) is 70.3 Å². The maximum atomic E-state index is 10.9. The van der Waals surface area contributed by atoms with Crippen LogP contribution in [0.4, 0.5) is 0 Å². The van der Waals surface area contributed by atoms with E-state index in [1.54, 1.807) is 0 Å². The summed E-state index contributed by atoms with van der Waals surface area (Å²) in [6, 6.07) is 1.50. The number of nitrogens with zero attached hydrogens (tertiary/aromatic N) is 1. The van der Waals surface area contributed by atoms with E-state index in [1.165, 1.54) is 12.7 Å². The van der Waals surface area contributed by atoms with Crippen LogP contribution in [0.5, 0.6) is 0 Å². The molecule has 0 aromatic rings. The first-order chi connectivity index (χ1) is 4.52. The highest BCUT2D eigenvalue weighted by atomic mass is 31.2. The van der Waals surface area contributed by atoms with Gasteiger partial charge in [-0.2, -0.15) is 5.26 Å². The smallest absolute Gasteiger partial charge is 0.292 e. The third-order valence-corrected chi connectivity index (χ3v) is 2.33. The summed E-state index contributed by atoms with van der Waals surface area (Å²) in [6.07, 6.45) is -1.49. The van der Waals surface area contributed by atoms with Crippen LogP contribution in [0.1, 0.15) is 0 Å². The van der Waals surface area contributed by atoms with Gasteiger partial charge in [-0.3, -0.25) is 4.57 Å². The molecule has 2 radical (unpaired) electrons. The second-order valence-corrected chi connectivity index (χ2v) is 4.55. The lowest BCUT2D eigenvalue weighted by Crippen LogP contribution is -2.09. The molecule has 0 saturated carbocycles. The van der Waals surface area contributed by atoms with Gasteiger partial charge in [0.1, 0.15) is 6.10 Å². The highest BCUT2D eigenvalue weighted by molar-refractivity contribution is 7.59. The first kappa shape index (κ1) is 9.70. The summed E-state index contributed by atoms with van der Waals surface area (Å²) in [5.41, 5.74) is 0. The van der Waals surface area contributed by atoms with Crippen molar-refractivity contribution >= 4 is 15.4 Å². The Balaban J connectivity index is 3.92. The molecule has 0 rings (SSSR count). The van der Waals surface area contributed by atoms with Crippen molar-refractivity contribution in [1.29, 1.82) is 5.26 Å². The Morgan fingerprint density at radius 1 is 2.00 bits per heavy atom. The van der Waals surface area contributed by atoms with Crippen molar-refractivity contribution in [1.82, 2.24) is 0 Å². The first-order valence-electron chi connectivity index (χ1n) is 2.54. The third-order valence-electron chi connectivity index (χ3n) is 0.877. The van der Waals surface area contributed by atoms with Crippen molar-refractivity contribution in [2.24, 2.45) is 0 Å². The van der Waals surface area contributed by atoms with Gasteiger partial charge in [0.25, 0.3) is 8.05 Å². The van der Waals surface area contributed by atoms with E-state index in [1.807, 2.05) is 0 Å². The molecular weight excluding hydrogens is 152 g/mol. The molecule has 0 aliphatic rings. The lowest BCUT2D eigenvalue weighted by atomic mass is 10.5. The summed E-state index contributed by atoms with van der Waals surface area (Å²) in [7, 11) is 1.68. The van der Waals surface area contributed by atoms with Gasteiger partial charge in [0.05, 0.1) is 12.2 Å². The van der Waals surface area contributed by atoms with Crippen molar-refractivity contribution in [3.05, 3.63) is 0 Å². The number of hydrogen-bond acceptors (Lipinski definition) is 4. The van der Waals surface area contributed by atoms with E-state index in [-0.39, 0.29) is 6.16 Å². The Morgan fingerprint density at radius 3 is 2.80 bits per heavy atom. The van der Waals surface area contributed by atoms with Crippen molar-refractivity contribution in [2.45, 2.75) is 6.10 Å². The second kappa shape index (κ2) is 3.77. The summed E-state index contributed by atoms with van der Waals surface area (Å²) in [4.78, 5) is 0. The maximum Gasteiger partial charge on any atom is 0.292 e. The zero-order valence-electron chi connectivity index (χ0n) is 5.52. The molecule has 54 valence electrons. The summed E-state index contributed by atoms with van der Waals surface area (Å²) in [5.74, 6) is 0. The largest absolute Gasteiger partial charge is 0.402 e. The number of nitriles is 1. The minimum Gasteiger partial charge on any atom is -0.402 e. The van der Waals surface area contributed by atoms with Crippen LogP contribution in [0.2, 0.25) is 0 Å². The first-order valence-corrected chi connectivity index (χ1v) is 4.80.